The summed E-state index contributed by atoms with van der Waals surface area (Å²) in [5.74, 6) is -1.54. The van der Waals surface area contributed by atoms with E-state index in [1.54, 1.807) is 0 Å². The number of aromatic nitrogens is 1. The third-order valence-corrected chi connectivity index (χ3v) is 0.996. The van der Waals surface area contributed by atoms with E-state index in [2.05, 4.69) is 9.68 Å². The fraction of sp³-hybridized carbons (Fsp3) is 0.200. The van der Waals surface area contributed by atoms with Gasteiger partial charge in [0.1, 0.15) is 0 Å². The van der Waals surface area contributed by atoms with Crippen LogP contribution in [0.5, 0.6) is 0 Å². The van der Waals surface area contributed by atoms with Gasteiger partial charge in [-0.3, -0.25) is 4.79 Å². The van der Waals surface area contributed by atoms with Crippen LogP contribution in [0.15, 0.2) is 10.6 Å². The number of halogens is 2. The largest absolute Gasteiger partial charge is 0.364 e. The molecule has 0 aliphatic rings. The van der Waals surface area contributed by atoms with Crippen molar-refractivity contribution in [2.24, 2.45) is 5.73 Å². The van der Waals surface area contributed by atoms with E-state index < -0.39 is 18.1 Å². The topological polar surface area (TPSA) is 69.1 Å². The molecule has 1 rings (SSSR count). The van der Waals surface area contributed by atoms with Crippen LogP contribution in [0.3, 0.4) is 0 Å². The molecule has 6 heteroatoms. The van der Waals surface area contributed by atoms with Crippen LogP contribution in [-0.2, 0) is 0 Å². The van der Waals surface area contributed by atoms with Crippen molar-refractivity contribution in [3.8, 4) is 0 Å². The number of primary amides is 1. The molecule has 1 heterocycles. The summed E-state index contributed by atoms with van der Waals surface area (Å²) in [6.45, 7) is 0. The highest BCUT2D eigenvalue weighted by Crippen LogP contribution is 2.18. The van der Waals surface area contributed by atoms with E-state index in [9.17, 15) is 13.6 Å². The van der Waals surface area contributed by atoms with Crippen LogP contribution in [0, 0.1) is 0 Å². The van der Waals surface area contributed by atoms with Crippen LogP contribution in [0.25, 0.3) is 0 Å². The normalized spacial score (nSPS) is 10.5. The molecule has 0 spiro atoms. The molecule has 4 nitrogen and oxygen atoms in total. The van der Waals surface area contributed by atoms with Gasteiger partial charge in [-0.05, 0) is 0 Å². The number of alkyl halides is 2. The standard InChI is InChI=1S/C5H4F2N2O2/c6-4(7)3-1-2(5(8)10)9-11-3/h1,4H,(H2,8,10). The molecular weight excluding hydrogens is 158 g/mol. The molecular formula is C5H4F2N2O2. The molecule has 2 N–H and O–H groups in total. The number of nitrogens with two attached hydrogens (primary N) is 1. The summed E-state index contributed by atoms with van der Waals surface area (Å²) in [6.07, 6.45) is -2.77. The zero-order chi connectivity index (χ0) is 8.43. The Morgan fingerprint density at radius 2 is 2.36 bits per heavy atom. The number of hydrogen-bond donors (Lipinski definition) is 1. The first-order valence-electron chi connectivity index (χ1n) is 2.66. The van der Waals surface area contributed by atoms with Crippen molar-refractivity contribution in [1.29, 1.82) is 0 Å². The van der Waals surface area contributed by atoms with Crippen molar-refractivity contribution in [1.82, 2.24) is 5.16 Å². The molecule has 0 unspecified atom stereocenters. The van der Waals surface area contributed by atoms with E-state index in [1.165, 1.54) is 0 Å². The summed E-state index contributed by atoms with van der Waals surface area (Å²) < 4.78 is 27.6. The number of carbonyl (C=O) groups is 1. The fourth-order valence-corrected chi connectivity index (χ4v) is 0.508. The number of amides is 1. The molecule has 0 saturated carbocycles. The second-order valence-electron chi connectivity index (χ2n) is 1.78. The van der Waals surface area contributed by atoms with Crippen molar-refractivity contribution in [2.45, 2.75) is 6.43 Å². The lowest BCUT2D eigenvalue weighted by Gasteiger charge is -1.85. The lowest BCUT2D eigenvalue weighted by Crippen LogP contribution is -2.10. The van der Waals surface area contributed by atoms with Gasteiger partial charge >= 0.3 is 0 Å². The Balaban J connectivity index is 2.90. The van der Waals surface area contributed by atoms with Crippen molar-refractivity contribution in [3.63, 3.8) is 0 Å². The van der Waals surface area contributed by atoms with Gasteiger partial charge in [-0.15, -0.1) is 0 Å². The zero-order valence-electron chi connectivity index (χ0n) is 5.25. The quantitative estimate of drug-likeness (QED) is 0.696. The first-order chi connectivity index (χ1) is 5.11. The van der Waals surface area contributed by atoms with Gasteiger partial charge in [-0.2, -0.15) is 0 Å². The molecule has 60 valence electrons. The van der Waals surface area contributed by atoms with E-state index in [-0.39, 0.29) is 5.69 Å². The summed E-state index contributed by atoms with van der Waals surface area (Å²) >= 11 is 0. The number of nitrogens with zero attached hydrogens (tertiary/aromatic N) is 1. The molecule has 0 saturated heterocycles. The Morgan fingerprint density at radius 1 is 1.73 bits per heavy atom. The minimum atomic E-state index is -2.77. The molecule has 1 aromatic heterocycles. The monoisotopic (exact) mass is 162 g/mol. The zero-order valence-corrected chi connectivity index (χ0v) is 5.25. The van der Waals surface area contributed by atoms with E-state index >= 15 is 0 Å². The Morgan fingerprint density at radius 3 is 2.64 bits per heavy atom. The van der Waals surface area contributed by atoms with Crippen molar-refractivity contribution in [2.75, 3.05) is 0 Å². The average molecular weight is 162 g/mol. The fourth-order valence-electron chi connectivity index (χ4n) is 0.508. The lowest BCUT2D eigenvalue weighted by molar-refractivity contribution is 0.0984. The Hall–Kier alpha value is -1.46. The van der Waals surface area contributed by atoms with Crippen LogP contribution < -0.4 is 5.73 Å². The maximum absolute atomic E-state index is 11.8. The van der Waals surface area contributed by atoms with E-state index in [4.69, 9.17) is 5.73 Å². The second kappa shape index (κ2) is 2.65. The van der Waals surface area contributed by atoms with Gasteiger partial charge in [0, 0.05) is 6.07 Å². The van der Waals surface area contributed by atoms with Crippen LogP contribution in [0.1, 0.15) is 22.7 Å². The number of hydrogen-bond acceptors (Lipinski definition) is 3. The highest BCUT2D eigenvalue weighted by Gasteiger charge is 2.16. The molecule has 1 aromatic rings. The number of carbonyl (C=O) groups excluding carboxylic acids is 1. The van der Waals surface area contributed by atoms with Crippen molar-refractivity contribution < 1.29 is 18.1 Å². The molecule has 0 aliphatic carbocycles. The van der Waals surface area contributed by atoms with Gasteiger partial charge in [0.05, 0.1) is 0 Å². The molecule has 0 aromatic carbocycles. The summed E-state index contributed by atoms with van der Waals surface area (Å²) in [7, 11) is 0. The van der Waals surface area contributed by atoms with Crippen LogP contribution in [-0.4, -0.2) is 11.1 Å². The predicted molar refractivity (Wildman–Crippen MR) is 30.0 cm³/mol. The SMILES string of the molecule is NC(=O)c1cc(C(F)F)on1. The number of rotatable bonds is 2. The summed E-state index contributed by atoms with van der Waals surface area (Å²) in [4.78, 5) is 10.3. The van der Waals surface area contributed by atoms with Crippen LogP contribution in [0.4, 0.5) is 8.78 Å². The molecule has 0 aliphatic heterocycles. The summed E-state index contributed by atoms with van der Waals surface area (Å²) in [5.41, 5.74) is 4.43. The highest BCUT2D eigenvalue weighted by molar-refractivity contribution is 5.90. The maximum atomic E-state index is 11.8. The van der Waals surface area contributed by atoms with Gasteiger partial charge in [-0.25, -0.2) is 8.78 Å². The Bertz CT molecular complexity index is 271. The first-order valence-corrected chi connectivity index (χ1v) is 2.66. The lowest BCUT2D eigenvalue weighted by atomic mass is 10.3. The minimum Gasteiger partial charge on any atom is -0.364 e. The van der Waals surface area contributed by atoms with E-state index in [0.29, 0.717) is 0 Å². The summed E-state index contributed by atoms with van der Waals surface area (Å²) in [5, 5.41) is 3.01. The van der Waals surface area contributed by atoms with Gasteiger partial charge < -0.3 is 10.3 Å². The van der Waals surface area contributed by atoms with Gasteiger partial charge in [-0.1, -0.05) is 5.16 Å². The minimum absolute atomic E-state index is 0.291. The molecule has 0 radical (unpaired) electrons. The Labute approximate surface area is 60.0 Å². The second-order valence-corrected chi connectivity index (χ2v) is 1.78. The predicted octanol–water partition coefficient (Wildman–Crippen LogP) is 0.711. The van der Waals surface area contributed by atoms with Crippen molar-refractivity contribution in [3.05, 3.63) is 17.5 Å². The maximum Gasteiger partial charge on any atom is 0.298 e. The Kier molecular flexibility index (Phi) is 1.84. The van der Waals surface area contributed by atoms with Gasteiger partial charge in [0.2, 0.25) is 5.76 Å². The van der Waals surface area contributed by atoms with Gasteiger partial charge in [0.25, 0.3) is 12.3 Å². The highest BCUT2D eigenvalue weighted by atomic mass is 19.3. The van der Waals surface area contributed by atoms with E-state index in [1.807, 2.05) is 0 Å². The smallest absolute Gasteiger partial charge is 0.298 e. The van der Waals surface area contributed by atoms with Crippen molar-refractivity contribution >= 4 is 5.91 Å². The molecule has 0 atom stereocenters. The molecule has 1 amide bonds. The molecule has 0 fully saturated rings. The third kappa shape index (κ3) is 1.51. The average Bonchev–Trinajstić information content (AvgIpc) is 2.33. The molecule has 0 bridgehead atoms. The molecule has 11 heavy (non-hydrogen) atoms. The van der Waals surface area contributed by atoms with Gasteiger partial charge in [0.15, 0.2) is 5.69 Å². The third-order valence-electron chi connectivity index (χ3n) is 0.996. The van der Waals surface area contributed by atoms with E-state index in [0.717, 1.165) is 6.07 Å². The van der Waals surface area contributed by atoms with Crippen LogP contribution >= 0.6 is 0 Å². The summed E-state index contributed by atoms with van der Waals surface area (Å²) in [6, 6.07) is 0.812. The first kappa shape index (κ1) is 7.64. The van der Waals surface area contributed by atoms with Crippen LogP contribution in [0.2, 0.25) is 0 Å².